The number of benzene rings is 1. The van der Waals surface area contributed by atoms with E-state index in [-0.39, 0.29) is 24.4 Å². The van der Waals surface area contributed by atoms with Gasteiger partial charge < -0.3 is 15.2 Å². The first-order chi connectivity index (χ1) is 12.5. The Morgan fingerprint density at radius 1 is 1.19 bits per heavy atom. The molecule has 2 N–H and O–H groups in total. The van der Waals surface area contributed by atoms with Crippen LogP contribution in [-0.2, 0) is 9.59 Å². The number of hydrogen-bond acceptors (Lipinski definition) is 3. The summed E-state index contributed by atoms with van der Waals surface area (Å²) in [5, 5.41) is 3.82. The number of hydrogen-bond donors (Lipinski definition) is 2. The normalized spacial score (nSPS) is 19.6. The Balaban J connectivity index is 1.48. The molecule has 2 heterocycles. The zero-order valence-electron chi connectivity index (χ0n) is 14.7. The van der Waals surface area contributed by atoms with Gasteiger partial charge in [0.15, 0.2) is 0 Å². The van der Waals surface area contributed by atoms with Crippen LogP contribution in [0.25, 0.3) is 10.9 Å². The lowest BCUT2D eigenvalue weighted by Crippen LogP contribution is -2.49. The lowest BCUT2D eigenvalue weighted by molar-refractivity contribution is -0.136. The molecule has 1 saturated heterocycles. The van der Waals surface area contributed by atoms with Crippen LogP contribution in [0.5, 0.6) is 0 Å². The van der Waals surface area contributed by atoms with Gasteiger partial charge in [-0.2, -0.15) is 0 Å². The maximum absolute atomic E-state index is 12.9. The van der Waals surface area contributed by atoms with Crippen molar-refractivity contribution in [3.8, 4) is 0 Å². The molecule has 4 amide bonds. The molecule has 7 nitrogen and oxygen atoms in total. The molecular weight excluding hydrogens is 332 g/mol. The van der Waals surface area contributed by atoms with Crippen molar-refractivity contribution >= 4 is 34.4 Å². The molecule has 2 aromatic rings. The minimum atomic E-state index is -0.751. The molecule has 7 heteroatoms. The molecule has 1 aliphatic carbocycles. The lowest BCUT2D eigenvalue weighted by Gasteiger charge is -2.35. The highest BCUT2D eigenvalue weighted by atomic mass is 16.2. The molecule has 0 unspecified atom stereocenters. The summed E-state index contributed by atoms with van der Waals surface area (Å²) in [5.41, 5.74) is 0.792. The number of fused-ring (bicyclic) bond motifs is 1. The molecule has 26 heavy (non-hydrogen) atoms. The topological polar surface area (TPSA) is 85.5 Å². The van der Waals surface area contributed by atoms with E-state index in [0.29, 0.717) is 18.5 Å². The van der Waals surface area contributed by atoms with Gasteiger partial charge in [-0.3, -0.25) is 14.5 Å². The Kier molecular flexibility index (Phi) is 3.94. The van der Waals surface area contributed by atoms with Gasteiger partial charge in [-0.1, -0.05) is 25.3 Å². The van der Waals surface area contributed by atoms with E-state index in [4.69, 9.17) is 0 Å². The Bertz CT molecular complexity index is 882. The maximum Gasteiger partial charge on any atom is 0.327 e. The highest BCUT2D eigenvalue weighted by molar-refractivity contribution is 6.10. The third kappa shape index (κ3) is 2.55. The first-order valence-electron chi connectivity index (χ1n) is 8.98. The average molecular weight is 354 g/mol. The number of anilines is 1. The van der Waals surface area contributed by atoms with Gasteiger partial charge >= 0.3 is 6.03 Å². The zero-order valence-corrected chi connectivity index (χ0v) is 14.7. The third-order valence-corrected chi connectivity index (χ3v) is 5.62. The van der Waals surface area contributed by atoms with E-state index in [2.05, 4.69) is 10.3 Å². The summed E-state index contributed by atoms with van der Waals surface area (Å²) >= 11 is 0. The van der Waals surface area contributed by atoms with Gasteiger partial charge in [0.25, 0.3) is 5.91 Å². The van der Waals surface area contributed by atoms with E-state index in [1.54, 1.807) is 13.1 Å². The van der Waals surface area contributed by atoms with Gasteiger partial charge in [0.05, 0.1) is 0 Å². The summed E-state index contributed by atoms with van der Waals surface area (Å²) in [6.07, 6.45) is 6.13. The van der Waals surface area contributed by atoms with Gasteiger partial charge in [0.1, 0.15) is 12.1 Å². The third-order valence-electron chi connectivity index (χ3n) is 5.62. The smallest absolute Gasteiger partial charge is 0.327 e. The monoisotopic (exact) mass is 354 g/mol. The fourth-order valence-electron chi connectivity index (χ4n) is 4.14. The number of H-pyrrole nitrogens is 1. The quantitative estimate of drug-likeness (QED) is 0.831. The summed E-state index contributed by atoms with van der Waals surface area (Å²) in [6.45, 7) is -0.257. The number of aromatic nitrogens is 1. The first-order valence-corrected chi connectivity index (χ1v) is 8.98. The van der Waals surface area contributed by atoms with Crippen molar-refractivity contribution in [2.24, 2.45) is 0 Å². The molecule has 0 atom stereocenters. The number of nitrogens with one attached hydrogen (secondary N) is 2. The fourth-order valence-corrected chi connectivity index (χ4v) is 4.14. The molecular formula is C19H22N4O3. The summed E-state index contributed by atoms with van der Waals surface area (Å²) in [6, 6.07) is 7.10. The Labute approximate surface area is 151 Å². The molecule has 2 aliphatic rings. The van der Waals surface area contributed by atoms with Crippen LogP contribution in [-0.4, -0.2) is 51.8 Å². The second-order valence-electron chi connectivity index (χ2n) is 7.15. The number of nitrogens with zero attached hydrogens (tertiary/aromatic N) is 2. The van der Waals surface area contributed by atoms with Gasteiger partial charge in [-0.15, -0.1) is 0 Å². The number of imide groups is 1. The van der Waals surface area contributed by atoms with Crippen molar-refractivity contribution in [2.45, 2.75) is 37.6 Å². The van der Waals surface area contributed by atoms with Crippen LogP contribution < -0.4 is 5.32 Å². The number of rotatable bonds is 3. The molecule has 2 fully saturated rings. The molecule has 1 aromatic heterocycles. The molecule has 1 aliphatic heterocycles. The molecule has 136 valence electrons. The largest absolute Gasteiger partial charge is 0.361 e. The fraction of sp³-hybridized carbons (Fsp3) is 0.421. The van der Waals surface area contributed by atoms with Crippen molar-refractivity contribution in [3.63, 3.8) is 0 Å². The van der Waals surface area contributed by atoms with Gasteiger partial charge in [0, 0.05) is 24.4 Å². The Morgan fingerprint density at radius 2 is 1.96 bits per heavy atom. The highest BCUT2D eigenvalue weighted by Crippen LogP contribution is 2.39. The predicted molar refractivity (Wildman–Crippen MR) is 97.6 cm³/mol. The Hall–Kier alpha value is -2.83. The molecule has 1 aromatic carbocycles. The van der Waals surface area contributed by atoms with E-state index in [1.807, 2.05) is 24.4 Å². The summed E-state index contributed by atoms with van der Waals surface area (Å²) < 4.78 is 0. The van der Waals surface area contributed by atoms with Crippen molar-refractivity contribution in [3.05, 3.63) is 30.5 Å². The number of urea groups is 1. The number of aromatic amines is 1. The molecule has 0 bridgehead atoms. The van der Waals surface area contributed by atoms with E-state index in [9.17, 15) is 14.4 Å². The van der Waals surface area contributed by atoms with Crippen LogP contribution in [0.1, 0.15) is 32.1 Å². The van der Waals surface area contributed by atoms with Crippen LogP contribution in [0, 0.1) is 0 Å². The summed E-state index contributed by atoms with van der Waals surface area (Å²) in [4.78, 5) is 43.6. The second kappa shape index (κ2) is 6.16. The SMILES string of the molecule is CN1C(=O)N(CC(=O)Nc2ccc3cc[nH]c3c2)C(=O)C12CCCCC2. The highest BCUT2D eigenvalue weighted by Gasteiger charge is 2.55. The van der Waals surface area contributed by atoms with Crippen LogP contribution in [0.4, 0.5) is 10.5 Å². The van der Waals surface area contributed by atoms with Crippen molar-refractivity contribution in [1.82, 2.24) is 14.8 Å². The Morgan fingerprint density at radius 3 is 2.73 bits per heavy atom. The van der Waals surface area contributed by atoms with E-state index in [0.717, 1.165) is 35.1 Å². The zero-order chi connectivity index (χ0) is 18.3. The summed E-state index contributed by atoms with van der Waals surface area (Å²) in [7, 11) is 1.67. The number of carbonyl (C=O) groups is 3. The van der Waals surface area contributed by atoms with Crippen LogP contribution in [0.3, 0.4) is 0 Å². The van der Waals surface area contributed by atoms with E-state index < -0.39 is 5.54 Å². The number of likely N-dealkylation sites (N-methyl/N-ethyl adjacent to an activating group) is 1. The van der Waals surface area contributed by atoms with Crippen LogP contribution >= 0.6 is 0 Å². The van der Waals surface area contributed by atoms with Crippen LogP contribution in [0.2, 0.25) is 0 Å². The van der Waals surface area contributed by atoms with Gasteiger partial charge in [0.2, 0.25) is 5.91 Å². The van der Waals surface area contributed by atoms with Gasteiger partial charge in [-0.05, 0) is 36.4 Å². The molecule has 0 radical (unpaired) electrons. The molecule has 1 spiro atoms. The van der Waals surface area contributed by atoms with Crippen LogP contribution in [0.15, 0.2) is 30.5 Å². The van der Waals surface area contributed by atoms with Crippen molar-refractivity contribution in [2.75, 3.05) is 18.9 Å². The standard InChI is InChI=1S/C19H22N4O3/c1-22-18(26)23(17(25)19(22)8-3-2-4-9-19)12-16(24)21-14-6-5-13-7-10-20-15(13)11-14/h5-7,10-11,20H,2-4,8-9,12H2,1H3,(H,21,24). The molecule has 1 saturated carbocycles. The number of carbonyl (C=O) groups excluding carboxylic acids is 3. The average Bonchev–Trinajstić information content (AvgIpc) is 3.17. The van der Waals surface area contributed by atoms with Crippen molar-refractivity contribution in [1.29, 1.82) is 0 Å². The predicted octanol–water partition coefficient (Wildman–Crippen LogP) is 2.70. The number of amides is 4. The summed E-state index contributed by atoms with van der Waals surface area (Å²) in [5.74, 6) is -0.612. The maximum atomic E-state index is 12.9. The second-order valence-corrected chi connectivity index (χ2v) is 7.15. The van der Waals surface area contributed by atoms with E-state index in [1.165, 1.54) is 4.90 Å². The molecule has 4 rings (SSSR count). The van der Waals surface area contributed by atoms with E-state index >= 15 is 0 Å². The van der Waals surface area contributed by atoms with Gasteiger partial charge in [-0.25, -0.2) is 4.79 Å². The lowest BCUT2D eigenvalue weighted by atomic mass is 9.81. The minimum absolute atomic E-state index is 0.236. The van der Waals surface area contributed by atoms with Crippen molar-refractivity contribution < 1.29 is 14.4 Å². The minimum Gasteiger partial charge on any atom is -0.361 e. The first kappa shape index (κ1) is 16.6.